The Morgan fingerprint density at radius 3 is 2.53 bits per heavy atom. The number of phenolic OH excluding ortho intramolecular Hbond substituents is 1. The lowest BCUT2D eigenvalue weighted by atomic mass is 9.85. The van der Waals surface area contributed by atoms with Gasteiger partial charge in [0.2, 0.25) is 0 Å². The van der Waals surface area contributed by atoms with E-state index in [1.54, 1.807) is 13.8 Å². The molecule has 0 saturated carbocycles. The minimum absolute atomic E-state index is 0.0134. The zero-order chi connectivity index (χ0) is 13.2. The number of ether oxygens (including phenoxy) is 1. The summed E-state index contributed by atoms with van der Waals surface area (Å²) in [6, 6.07) is 2.91. The molecule has 0 atom stereocenters. The summed E-state index contributed by atoms with van der Waals surface area (Å²) >= 11 is 5.93. The largest absolute Gasteiger partial charge is 0.508 e. The SMILES string of the molecule is COc1cc(O)c(CC(C)(C)C(=O)O)cc1Cl. The van der Waals surface area contributed by atoms with Crippen molar-refractivity contribution in [3.05, 3.63) is 22.7 Å². The van der Waals surface area contributed by atoms with E-state index >= 15 is 0 Å². The number of aliphatic carboxylic acids is 1. The fourth-order valence-corrected chi connectivity index (χ4v) is 1.70. The van der Waals surface area contributed by atoms with Crippen molar-refractivity contribution < 1.29 is 19.7 Å². The van der Waals surface area contributed by atoms with Gasteiger partial charge in [0, 0.05) is 6.07 Å². The third-order valence-electron chi connectivity index (χ3n) is 2.56. The van der Waals surface area contributed by atoms with E-state index in [0.29, 0.717) is 16.3 Å². The fourth-order valence-electron chi connectivity index (χ4n) is 1.43. The summed E-state index contributed by atoms with van der Waals surface area (Å²) < 4.78 is 4.95. The number of benzene rings is 1. The lowest BCUT2D eigenvalue weighted by Gasteiger charge is -2.20. The Hall–Kier alpha value is -1.42. The highest BCUT2D eigenvalue weighted by Gasteiger charge is 2.28. The van der Waals surface area contributed by atoms with Crippen molar-refractivity contribution in [2.45, 2.75) is 20.3 Å². The molecule has 1 rings (SSSR count). The Balaban J connectivity index is 3.08. The van der Waals surface area contributed by atoms with Crippen molar-refractivity contribution in [3.8, 4) is 11.5 Å². The van der Waals surface area contributed by atoms with Gasteiger partial charge < -0.3 is 14.9 Å². The molecule has 17 heavy (non-hydrogen) atoms. The lowest BCUT2D eigenvalue weighted by Crippen LogP contribution is -2.26. The van der Waals surface area contributed by atoms with Crippen LogP contribution in [-0.2, 0) is 11.2 Å². The van der Waals surface area contributed by atoms with Crippen molar-refractivity contribution >= 4 is 17.6 Å². The predicted molar refractivity (Wildman–Crippen MR) is 64.8 cm³/mol. The smallest absolute Gasteiger partial charge is 0.309 e. The second kappa shape index (κ2) is 4.84. The number of hydrogen-bond acceptors (Lipinski definition) is 3. The molecule has 0 aliphatic carbocycles. The molecule has 0 aliphatic heterocycles. The molecule has 0 aromatic heterocycles. The highest BCUT2D eigenvalue weighted by atomic mass is 35.5. The second-order valence-corrected chi connectivity index (χ2v) is 4.89. The molecule has 0 radical (unpaired) electrons. The quantitative estimate of drug-likeness (QED) is 0.871. The monoisotopic (exact) mass is 258 g/mol. The molecule has 1 aromatic carbocycles. The molecule has 94 valence electrons. The maximum atomic E-state index is 11.0. The Morgan fingerprint density at radius 2 is 2.06 bits per heavy atom. The third-order valence-corrected chi connectivity index (χ3v) is 2.86. The number of carboxylic acids is 1. The topological polar surface area (TPSA) is 66.8 Å². The van der Waals surface area contributed by atoms with Gasteiger partial charge in [-0.2, -0.15) is 0 Å². The minimum atomic E-state index is -0.963. The molecule has 0 saturated heterocycles. The molecule has 0 unspecified atom stereocenters. The van der Waals surface area contributed by atoms with Crippen molar-refractivity contribution in [2.24, 2.45) is 5.41 Å². The van der Waals surface area contributed by atoms with E-state index in [2.05, 4.69) is 0 Å². The van der Waals surface area contributed by atoms with E-state index < -0.39 is 11.4 Å². The van der Waals surface area contributed by atoms with Crippen LogP contribution >= 0.6 is 11.6 Å². The number of phenols is 1. The van der Waals surface area contributed by atoms with Gasteiger partial charge in [-0.1, -0.05) is 11.6 Å². The van der Waals surface area contributed by atoms with E-state index in [1.807, 2.05) is 0 Å². The van der Waals surface area contributed by atoms with Crippen molar-refractivity contribution in [1.29, 1.82) is 0 Å². The summed E-state index contributed by atoms with van der Waals surface area (Å²) in [5.41, 5.74) is -0.474. The van der Waals surface area contributed by atoms with Gasteiger partial charge in [0.05, 0.1) is 17.5 Å². The van der Waals surface area contributed by atoms with Crippen molar-refractivity contribution in [2.75, 3.05) is 7.11 Å². The third kappa shape index (κ3) is 3.03. The summed E-state index contributed by atoms with van der Waals surface area (Å²) in [7, 11) is 1.45. The van der Waals surface area contributed by atoms with Gasteiger partial charge in [-0.05, 0) is 31.9 Å². The number of rotatable bonds is 4. The van der Waals surface area contributed by atoms with Gasteiger partial charge in [-0.3, -0.25) is 4.79 Å². The van der Waals surface area contributed by atoms with Crippen LogP contribution in [0, 0.1) is 5.41 Å². The van der Waals surface area contributed by atoms with Gasteiger partial charge in [-0.15, -0.1) is 0 Å². The molecule has 4 nitrogen and oxygen atoms in total. The van der Waals surface area contributed by atoms with Crippen LogP contribution in [0.5, 0.6) is 11.5 Å². The standard InChI is InChI=1S/C12H15ClO4/c1-12(2,11(15)16)6-7-4-8(13)10(17-3)5-9(7)14/h4-5,14H,6H2,1-3H3,(H,15,16). The van der Waals surface area contributed by atoms with Crippen LogP contribution < -0.4 is 4.74 Å². The molecular formula is C12H15ClO4. The van der Waals surface area contributed by atoms with Gasteiger partial charge in [-0.25, -0.2) is 0 Å². The maximum absolute atomic E-state index is 11.0. The van der Waals surface area contributed by atoms with E-state index in [9.17, 15) is 9.90 Å². The average Bonchev–Trinajstić information content (AvgIpc) is 2.22. The lowest BCUT2D eigenvalue weighted by molar-refractivity contribution is -0.146. The van der Waals surface area contributed by atoms with Gasteiger partial charge in [0.1, 0.15) is 11.5 Å². The number of carbonyl (C=O) groups is 1. The number of carboxylic acid groups (broad SMARTS) is 1. The molecule has 0 amide bonds. The maximum Gasteiger partial charge on any atom is 0.309 e. The van der Waals surface area contributed by atoms with Crippen LogP contribution in [0.2, 0.25) is 5.02 Å². The summed E-state index contributed by atoms with van der Waals surface area (Å²) in [5.74, 6) is -0.578. The van der Waals surface area contributed by atoms with E-state index in [1.165, 1.54) is 19.2 Å². The molecule has 0 spiro atoms. The molecule has 0 fully saturated rings. The van der Waals surface area contributed by atoms with Crippen LogP contribution in [0.15, 0.2) is 12.1 Å². The van der Waals surface area contributed by atoms with Gasteiger partial charge >= 0.3 is 5.97 Å². The number of hydrogen-bond donors (Lipinski definition) is 2. The second-order valence-electron chi connectivity index (χ2n) is 4.48. The van der Waals surface area contributed by atoms with Crippen LogP contribution in [0.4, 0.5) is 0 Å². The zero-order valence-electron chi connectivity index (χ0n) is 9.95. The van der Waals surface area contributed by atoms with E-state index in [0.717, 1.165) is 0 Å². The zero-order valence-corrected chi connectivity index (χ0v) is 10.7. The molecule has 0 heterocycles. The molecule has 0 bridgehead atoms. The highest BCUT2D eigenvalue weighted by molar-refractivity contribution is 6.32. The minimum Gasteiger partial charge on any atom is -0.508 e. The van der Waals surface area contributed by atoms with Gasteiger partial charge in [0.15, 0.2) is 0 Å². The van der Waals surface area contributed by atoms with Crippen LogP contribution in [0.3, 0.4) is 0 Å². The first-order valence-electron chi connectivity index (χ1n) is 5.06. The Labute approximate surface area is 105 Å². The first-order chi connectivity index (χ1) is 7.77. The summed E-state index contributed by atoms with van der Waals surface area (Å²) in [5, 5.41) is 19.1. The first kappa shape index (κ1) is 13.6. The van der Waals surface area contributed by atoms with Crippen molar-refractivity contribution in [1.82, 2.24) is 0 Å². The fraction of sp³-hybridized carbons (Fsp3) is 0.417. The number of aromatic hydroxyl groups is 1. The molecule has 5 heteroatoms. The highest BCUT2D eigenvalue weighted by Crippen LogP contribution is 2.35. The Morgan fingerprint density at radius 1 is 1.47 bits per heavy atom. The Bertz CT molecular complexity index is 440. The van der Waals surface area contributed by atoms with Crippen LogP contribution in [0.25, 0.3) is 0 Å². The average molecular weight is 259 g/mol. The first-order valence-corrected chi connectivity index (χ1v) is 5.44. The van der Waals surface area contributed by atoms with E-state index in [4.69, 9.17) is 21.4 Å². The molecular weight excluding hydrogens is 244 g/mol. The number of methoxy groups -OCH3 is 1. The summed E-state index contributed by atoms with van der Waals surface area (Å²) in [6.45, 7) is 3.18. The van der Waals surface area contributed by atoms with Crippen molar-refractivity contribution in [3.63, 3.8) is 0 Å². The summed E-state index contributed by atoms with van der Waals surface area (Å²) in [6.07, 6.45) is 0.192. The van der Waals surface area contributed by atoms with Crippen LogP contribution in [-0.4, -0.2) is 23.3 Å². The van der Waals surface area contributed by atoms with Gasteiger partial charge in [0.25, 0.3) is 0 Å². The molecule has 0 aliphatic rings. The number of halogens is 1. The van der Waals surface area contributed by atoms with E-state index in [-0.39, 0.29) is 12.2 Å². The Kier molecular flexibility index (Phi) is 3.88. The molecule has 2 N–H and O–H groups in total. The van der Waals surface area contributed by atoms with Crippen LogP contribution in [0.1, 0.15) is 19.4 Å². The molecule has 1 aromatic rings. The summed E-state index contributed by atoms with van der Waals surface area (Å²) in [4.78, 5) is 11.0. The normalized spacial score (nSPS) is 11.3. The predicted octanol–water partition coefficient (Wildman–Crippen LogP) is 2.71.